The molecule has 0 aliphatic carbocycles. The molecule has 0 bridgehead atoms. The SMILES string of the molecule is CC(C)(C)C(=O)c1ccsc1NC(=O)CCS(C)(=O)=O. The highest BCUT2D eigenvalue weighted by molar-refractivity contribution is 7.90. The Morgan fingerprint density at radius 2 is 1.90 bits per heavy atom. The van der Waals surface area contributed by atoms with Crippen LogP contribution in [0.25, 0.3) is 0 Å². The summed E-state index contributed by atoms with van der Waals surface area (Å²) >= 11 is 1.25. The highest BCUT2D eigenvalue weighted by Gasteiger charge is 2.26. The fraction of sp³-hybridized carbons (Fsp3) is 0.538. The molecule has 0 aromatic carbocycles. The molecule has 1 N–H and O–H groups in total. The first-order valence-corrected chi connectivity index (χ1v) is 9.04. The standard InChI is InChI=1S/C13H19NO4S2/c1-13(2,3)11(16)9-5-7-19-12(9)14-10(15)6-8-20(4,17)18/h5,7H,6,8H2,1-4H3,(H,14,15). The summed E-state index contributed by atoms with van der Waals surface area (Å²) in [4.78, 5) is 23.9. The molecule has 1 amide bonds. The van der Waals surface area contributed by atoms with Gasteiger partial charge in [0.25, 0.3) is 0 Å². The Balaban J connectivity index is 2.78. The van der Waals surface area contributed by atoms with E-state index in [1.54, 1.807) is 11.4 Å². The van der Waals surface area contributed by atoms with Gasteiger partial charge in [-0.15, -0.1) is 11.3 Å². The Kier molecular flexibility index (Phi) is 5.10. The second kappa shape index (κ2) is 6.05. The minimum atomic E-state index is -3.17. The van der Waals surface area contributed by atoms with Crippen LogP contribution in [0.15, 0.2) is 11.4 Å². The van der Waals surface area contributed by atoms with E-state index in [2.05, 4.69) is 5.32 Å². The summed E-state index contributed by atoms with van der Waals surface area (Å²) in [6.07, 6.45) is 0.972. The number of hydrogen-bond acceptors (Lipinski definition) is 5. The smallest absolute Gasteiger partial charge is 0.226 e. The van der Waals surface area contributed by atoms with E-state index in [-0.39, 0.29) is 18.0 Å². The third-order valence-electron chi connectivity index (χ3n) is 2.54. The van der Waals surface area contributed by atoms with Gasteiger partial charge in [0.05, 0.1) is 11.3 Å². The van der Waals surface area contributed by atoms with Crippen LogP contribution >= 0.6 is 11.3 Å². The lowest BCUT2D eigenvalue weighted by Gasteiger charge is -2.16. The summed E-state index contributed by atoms with van der Waals surface area (Å²) in [5.74, 6) is -0.662. The lowest BCUT2D eigenvalue weighted by Crippen LogP contribution is -2.22. The lowest BCUT2D eigenvalue weighted by atomic mass is 9.87. The van der Waals surface area contributed by atoms with Crippen molar-refractivity contribution < 1.29 is 18.0 Å². The van der Waals surface area contributed by atoms with Gasteiger partial charge in [0, 0.05) is 18.1 Å². The average molecular weight is 317 g/mol. The predicted octanol–water partition coefficient (Wildman–Crippen LogP) is 2.35. The summed E-state index contributed by atoms with van der Waals surface area (Å²) in [6, 6.07) is 1.67. The van der Waals surface area contributed by atoms with Gasteiger partial charge in [0.15, 0.2) is 5.78 Å². The van der Waals surface area contributed by atoms with E-state index < -0.39 is 21.2 Å². The van der Waals surface area contributed by atoms with Crippen molar-refractivity contribution in [1.82, 2.24) is 0 Å². The molecule has 0 saturated heterocycles. The highest BCUT2D eigenvalue weighted by Crippen LogP contribution is 2.30. The van der Waals surface area contributed by atoms with Gasteiger partial charge < -0.3 is 5.32 Å². The molecule has 0 aliphatic heterocycles. The van der Waals surface area contributed by atoms with Crippen molar-refractivity contribution in [1.29, 1.82) is 0 Å². The van der Waals surface area contributed by atoms with E-state index >= 15 is 0 Å². The number of amides is 1. The monoisotopic (exact) mass is 317 g/mol. The first-order valence-electron chi connectivity index (χ1n) is 6.10. The number of rotatable bonds is 5. The molecular formula is C13H19NO4S2. The zero-order chi connectivity index (χ0) is 15.6. The Morgan fingerprint density at radius 1 is 1.30 bits per heavy atom. The number of hydrogen-bond donors (Lipinski definition) is 1. The third kappa shape index (κ3) is 5.05. The molecule has 112 valence electrons. The number of carbonyl (C=O) groups excluding carboxylic acids is 2. The molecule has 1 heterocycles. The number of Topliss-reactive ketones (excluding diaryl/α,β-unsaturated/α-hetero) is 1. The number of sulfone groups is 1. The van der Waals surface area contributed by atoms with E-state index in [1.165, 1.54) is 11.3 Å². The molecular weight excluding hydrogens is 298 g/mol. The van der Waals surface area contributed by atoms with Gasteiger partial charge in [-0.25, -0.2) is 8.42 Å². The van der Waals surface area contributed by atoms with Crippen LogP contribution in [0.4, 0.5) is 5.00 Å². The number of anilines is 1. The number of carbonyl (C=O) groups is 2. The molecule has 1 rings (SSSR count). The van der Waals surface area contributed by atoms with Gasteiger partial charge in [-0.05, 0) is 11.4 Å². The third-order valence-corrected chi connectivity index (χ3v) is 4.32. The number of thiophene rings is 1. The van der Waals surface area contributed by atoms with Gasteiger partial charge in [0.2, 0.25) is 5.91 Å². The predicted molar refractivity (Wildman–Crippen MR) is 81.1 cm³/mol. The summed E-state index contributed by atoms with van der Waals surface area (Å²) in [7, 11) is -3.17. The zero-order valence-electron chi connectivity index (χ0n) is 12.0. The largest absolute Gasteiger partial charge is 0.317 e. The van der Waals surface area contributed by atoms with Crippen molar-refractivity contribution in [3.8, 4) is 0 Å². The van der Waals surface area contributed by atoms with Crippen molar-refractivity contribution in [3.05, 3.63) is 17.0 Å². The van der Waals surface area contributed by atoms with Crippen LogP contribution in [0.1, 0.15) is 37.6 Å². The normalized spacial score (nSPS) is 12.2. The topological polar surface area (TPSA) is 80.3 Å². The first-order chi connectivity index (χ1) is 9.00. The summed E-state index contributed by atoms with van der Waals surface area (Å²) in [5.41, 5.74) is -0.0666. The van der Waals surface area contributed by atoms with E-state index in [0.29, 0.717) is 10.6 Å². The van der Waals surface area contributed by atoms with Gasteiger partial charge in [-0.2, -0.15) is 0 Å². The van der Waals surface area contributed by atoms with Crippen molar-refractivity contribution in [2.45, 2.75) is 27.2 Å². The summed E-state index contributed by atoms with van der Waals surface area (Å²) in [6.45, 7) is 5.42. The van der Waals surface area contributed by atoms with Crippen LogP contribution in [0.3, 0.4) is 0 Å². The Labute approximate surface area is 123 Å². The quantitative estimate of drug-likeness (QED) is 0.845. The van der Waals surface area contributed by atoms with Crippen LogP contribution in [0.5, 0.6) is 0 Å². The van der Waals surface area contributed by atoms with Crippen LogP contribution in [0.2, 0.25) is 0 Å². The van der Waals surface area contributed by atoms with Crippen molar-refractivity contribution in [3.63, 3.8) is 0 Å². The van der Waals surface area contributed by atoms with Crippen LogP contribution in [-0.4, -0.2) is 32.1 Å². The fourth-order valence-corrected chi connectivity index (χ4v) is 2.81. The maximum absolute atomic E-state index is 12.2. The molecule has 7 heteroatoms. The van der Waals surface area contributed by atoms with Crippen LogP contribution < -0.4 is 5.32 Å². The summed E-state index contributed by atoms with van der Waals surface area (Å²) in [5, 5.41) is 4.81. The van der Waals surface area contributed by atoms with E-state index in [1.807, 2.05) is 20.8 Å². The first kappa shape index (κ1) is 16.8. The molecule has 20 heavy (non-hydrogen) atoms. The molecule has 5 nitrogen and oxygen atoms in total. The molecule has 1 aromatic heterocycles. The van der Waals surface area contributed by atoms with Crippen LogP contribution in [0, 0.1) is 5.41 Å². The molecule has 0 saturated carbocycles. The molecule has 1 aromatic rings. The fourth-order valence-electron chi connectivity index (χ4n) is 1.46. The lowest BCUT2D eigenvalue weighted by molar-refractivity contribution is -0.115. The molecule has 0 atom stereocenters. The van der Waals surface area contributed by atoms with Gasteiger partial charge >= 0.3 is 0 Å². The minimum Gasteiger partial charge on any atom is -0.317 e. The van der Waals surface area contributed by atoms with Gasteiger partial charge in [-0.1, -0.05) is 20.8 Å². The number of ketones is 1. The molecule has 0 unspecified atom stereocenters. The van der Waals surface area contributed by atoms with E-state index in [9.17, 15) is 18.0 Å². The molecule has 0 radical (unpaired) electrons. The maximum Gasteiger partial charge on any atom is 0.226 e. The zero-order valence-corrected chi connectivity index (χ0v) is 13.7. The van der Waals surface area contributed by atoms with Gasteiger partial charge in [0.1, 0.15) is 14.8 Å². The van der Waals surface area contributed by atoms with Crippen molar-refractivity contribution in [2.24, 2.45) is 5.41 Å². The second-order valence-corrected chi connectivity index (χ2v) is 8.85. The highest BCUT2D eigenvalue weighted by atomic mass is 32.2. The van der Waals surface area contributed by atoms with Crippen LogP contribution in [-0.2, 0) is 14.6 Å². The molecule has 0 fully saturated rings. The summed E-state index contributed by atoms with van der Waals surface area (Å²) < 4.78 is 22.0. The van der Waals surface area contributed by atoms with E-state index in [4.69, 9.17) is 0 Å². The minimum absolute atomic E-state index is 0.0582. The Hall–Kier alpha value is -1.21. The Bertz CT molecular complexity index is 609. The average Bonchev–Trinajstić information content (AvgIpc) is 2.71. The maximum atomic E-state index is 12.2. The van der Waals surface area contributed by atoms with Crippen molar-refractivity contribution in [2.75, 3.05) is 17.3 Å². The second-order valence-electron chi connectivity index (χ2n) is 5.67. The number of nitrogens with one attached hydrogen (secondary N) is 1. The Morgan fingerprint density at radius 3 is 2.40 bits per heavy atom. The van der Waals surface area contributed by atoms with E-state index in [0.717, 1.165) is 6.26 Å². The van der Waals surface area contributed by atoms with Crippen molar-refractivity contribution >= 4 is 37.9 Å². The molecule has 0 spiro atoms. The van der Waals surface area contributed by atoms with Gasteiger partial charge in [-0.3, -0.25) is 9.59 Å². The molecule has 0 aliphatic rings.